The Labute approximate surface area is 172 Å². The molecule has 0 bridgehead atoms. The third-order valence-electron chi connectivity index (χ3n) is 5.05. The third kappa shape index (κ3) is 7.16. The summed E-state index contributed by atoms with van der Waals surface area (Å²) in [6.45, 7) is 6.83. The first kappa shape index (κ1) is 24.0. The van der Waals surface area contributed by atoms with Crippen LogP contribution in [0.3, 0.4) is 0 Å². The van der Waals surface area contributed by atoms with Gasteiger partial charge < -0.3 is 0 Å². The van der Waals surface area contributed by atoms with E-state index in [0.717, 1.165) is 0 Å². The molecule has 1 aromatic rings. The van der Waals surface area contributed by atoms with Crippen molar-refractivity contribution in [3.8, 4) is 0 Å². The molecule has 0 saturated carbocycles. The molecule has 0 amide bonds. The maximum atomic E-state index is 12.5. The van der Waals surface area contributed by atoms with Gasteiger partial charge in [-0.05, 0) is 0 Å². The zero-order valence-corrected chi connectivity index (χ0v) is 21.0. The normalized spacial score (nSPS) is 12.7. The van der Waals surface area contributed by atoms with E-state index in [4.69, 9.17) is 0 Å². The molecule has 26 heavy (non-hydrogen) atoms. The molecule has 0 heterocycles. The second-order valence-electron chi connectivity index (χ2n) is 7.53. The van der Waals surface area contributed by atoms with E-state index in [1.807, 2.05) is 12.1 Å². The Morgan fingerprint density at radius 3 is 1.85 bits per heavy atom. The Morgan fingerprint density at radius 2 is 1.42 bits per heavy atom. The number of nitrogens with zero attached hydrogens (tertiary/aromatic N) is 1. The number of hydrogen-bond acceptors (Lipinski definition) is 2. The zero-order chi connectivity index (χ0) is 19.6. The molecule has 0 unspecified atom stereocenters. The van der Waals surface area contributed by atoms with E-state index in [9.17, 15) is 8.42 Å². The molecule has 2 radical (unpaired) electrons. The molecule has 0 aromatic heterocycles. The van der Waals surface area contributed by atoms with Crippen LogP contribution in [0.25, 0.3) is 0 Å². The Morgan fingerprint density at radius 1 is 0.923 bits per heavy atom. The van der Waals surface area contributed by atoms with E-state index in [1.165, 1.54) is 65.7 Å². The Bertz CT molecular complexity index is 607. The molecular weight excluding hydrogens is 449 g/mol. The van der Waals surface area contributed by atoms with Gasteiger partial charge in [0.25, 0.3) is 0 Å². The Kier molecular flexibility index (Phi) is 10.8. The van der Waals surface area contributed by atoms with Gasteiger partial charge in [-0.3, -0.25) is 0 Å². The Balaban J connectivity index is 3.15. The number of hydrogen-bond donors (Lipinski definition) is 0. The fourth-order valence-corrected chi connectivity index (χ4v) is 10.1. The van der Waals surface area contributed by atoms with Crippen molar-refractivity contribution in [1.29, 1.82) is 0 Å². The van der Waals surface area contributed by atoms with E-state index >= 15 is 0 Å². The van der Waals surface area contributed by atoms with Crippen molar-refractivity contribution in [3.63, 3.8) is 0 Å². The van der Waals surface area contributed by atoms with Crippen molar-refractivity contribution < 1.29 is 8.42 Å². The van der Waals surface area contributed by atoms with Crippen LogP contribution in [0.2, 0.25) is 3.43 Å². The van der Waals surface area contributed by atoms with E-state index in [1.54, 1.807) is 20.2 Å². The molecule has 0 saturated heterocycles. The van der Waals surface area contributed by atoms with Crippen molar-refractivity contribution >= 4 is 34.7 Å². The number of unbranched alkanes of at least 4 members (excludes halogenated alkanes) is 3. The average molecular weight is 486 g/mol. The van der Waals surface area contributed by atoms with E-state index in [-0.39, 0.29) is 0 Å². The van der Waals surface area contributed by atoms with Gasteiger partial charge in [-0.2, -0.15) is 0 Å². The summed E-state index contributed by atoms with van der Waals surface area (Å²) in [5, 5.41) is 0. The van der Waals surface area contributed by atoms with Gasteiger partial charge in [0.2, 0.25) is 0 Å². The Hall–Kier alpha value is -0.0713. The number of rotatable bonds is 13. The summed E-state index contributed by atoms with van der Waals surface area (Å²) in [6.07, 6.45) is 11.6. The molecule has 5 heteroatoms. The molecule has 0 N–H and O–H groups in total. The second-order valence-corrected chi connectivity index (χ2v) is 15.1. The summed E-state index contributed by atoms with van der Waals surface area (Å²) in [5.41, 5.74) is 0. The SMILES string of the molecule is CCCC[C](CCCC)(CCCC)[Sn][c]1cccc(S(=O)(=O)N(C)C)c1. The molecule has 0 aliphatic heterocycles. The quantitative estimate of drug-likeness (QED) is 0.369. The first-order valence-electron chi connectivity index (χ1n) is 10.1. The molecule has 0 atom stereocenters. The third-order valence-corrected chi connectivity index (χ3v) is 12.2. The summed E-state index contributed by atoms with van der Waals surface area (Å²) < 4.78 is 28.1. The van der Waals surface area contributed by atoms with Gasteiger partial charge in [-0.15, -0.1) is 0 Å². The summed E-state index contributed by atoms with van der Waals surface area (Å²) in [5.74, 6) is 0. The first-order valence-corrected chi connectivity index (χ1v) is 14.4. The van der Waals surface area contributed by atoms with Crippen molar-refractivity contribution in [3.05, 3.63) is 24.3 Å². The molecule has 0 aliphatic carbocycles. The van der Waals surface area contributed by atoms with Gasteiger partial charge in [0.05, 0.1) is 0 Å². The minimum atomic E-state index is -3.35. The molecule has 1 rings (SSSR count). The van der Waals surface area contributed by atoms with Gasteiger partial charge in [0, 0.05) is 0 Å². The first-order chi connectivity index (χ1) is 12.3. The van der Waals surface area contributed by atoms with Crippen LogP contribution < -0.4 is 3.58 Å². The van der Waals surface area contributed by atoms with Gasteiger partial charge in [0.15, 0.2) is 0 Å². The van der Waals surface area contributed by atoms with Crippen LogP contribution in [0.5, 0.6) is 0 Å². The summed E-state index contributed by atoms with van der Waals surface area (Å²) in [4.78, 5) is 0.455. The fourth-order valence-electron chi connectivity index (χ4n) is 3.36. The van der Waals surface area contributed by atoms with Crippen molar-refractivity contribution in [1.82, 2.24) is 4.31 Å². The predicted molar refractivity (Wildman–Crippen MR) is 114 cm³/mol. The van der Waals surface area contributed by atoms with Crippen LogP contribution in [0.15, 0.2) is 29.2 Å². The summed E-state index contributed by atoms with van der Waals surface area (Å²) >= 11 is -0.897. The van der Waals surface area contributed by atoms with Gasteiger partial charge in [0.1, 0.15) is 0 Å². The average Bonchev–Trinajstić information content (AvgIpc) is 2.63. The van der Waals surface area contributed by atoms with Crippen molar-refractivity contribution in [2.75, 3.05) is 14.1 Å². The van der Waals surface area contributed by atoms with Crippen molar-refractivity contribution in [2.45, 2.75) is 86.9 Å². The summed E-state index contributed by atoms with van der Waals surface area (Å²) in [6, 6.07) is 7.83. The number of sulfonamides is 1. The van der Waals surface area contributed by atoms with Crippen LogP contribution in [-0.4, -0.2) is 48.0 Å². The van der Waals surface area contributed by atoms with Crippen LogP contribution in [0.1, 0.15) is 78.6 Å². The molecule has 148 valence electrons. The number of benzene rings is 1. The summed E-state index contributed by atoms with van der Waals surface area (Å²) in [7, 11) is -0.131. The predicted octanol–water partition coefficient (Wildman–Crippen LogP) is 5.00. The van der Waals surface area contributed by atoms with Gasteiger partial charge in [-0.1, -0.05) is 0 Å². The van der Waals surface area contributed by atoms with E-state index in [2.05, 4.69) is 26.8 Å². The fraction of sp³-hybridized carbons (Fsp3) is 0.714. The second kappa shape index (κ2) is 11.7. The molecule has 0 spiro atoms. The standard InChI is InChI=1S/C13H27.C8H10NO2S.Sn/c1-4-7-10-13(11-8-5-2)12-9-6-3;1-9(2)12(10,11)8-6-4-3-5-7-8;/h4-12H2,1-3H3;3-4,6-7H,1-2H3;. The zero-order valence-electron chi connectivity index (χ0n) is 17.3. The molecule has 3 nitrogen and oxygen atoms in total. The molecular formula is C21H37NO2SSn. The molecule has 1 aromatic carbocycles. The van der Waals surface area contributed by atoms with E-state index in [0.29, 0.717) is 8.33 Å². The van der Waals surface area contributed by atoms with Crippen LogP contribution in [-0.2, 0) is 10.0 Å². The monoisotopic (exact) mass is 487 g/mol. The molecule has 0 fully saturated rings. The van der Waals surface area contributed by atoms with Gasteiger partial charge in [-0.25, -0.2) is 0 Å². The van der Waals surface area contributed by atoms with Crippen LogP contribution >= 0.6 is 0 Å². The van der Waals surface area contributed by atoms with E-state index < -0.39 is 31.2 Å². The minimum absolute atomic E-state index is 0.455. The van der Waals surface area contributed by atoms with Crippen LogP contribution in [0.4, 0.5) is 0 Å². The van der Waals surface area contributed by atoms with Crippen molar-refractivity contribution in [2.24, 2.45) is 0 Å². The van der Waals surface area contributed by atoms with Gasteiger partial charge >= 0.3 is 173 Å². The topological polar surface area (TPSA) is 37.4 Å². The van der Waals surface area contributed by atoms with Crippen LogP contribution in [0, 0.1) is 0 Å². The maximum absolute atomic E-state index is 12.5. The molecule has 0 aliphatic rings.